The number of amides is 1. The maximum atomic E-state index is 11.3. The molecule has 0 aromatic carbocycles. The third-order valence-electron chi connectivity index (χ3n) is 1.86. The fourth-order valence-electron chi connectivity index (χ4n) is 1.11. The Morgan fingerprint density at radius 2 is 1.79 bits per heavy atom. The molecular weight excluding hydrogens is 206 g/mol. The molecule has 0 saturated carbocycles. The van der Waals surface area contributed by atoms with Gasteiger partial charge in [-0.05, 0) is 0 Å². The molecule has 1 fully saturated rings. The van der Waals surface area contributed by atoms with Crippen molar-refractivity contribution in [3.63, 3.8) is 0 Å². The van der Waals surface area contributed by atoms with Gasteiger partial charge in [-0.1, -0.05) is 0 Å². The molecule has 1 aliphatic rings. The van der Waals surface area contributed by atoms with E-state index in [2.05, 4.69) is 0 Å². The van der Waals surface area contributed by atoms with Crippen molar-refractivity contribution >= 4 is 22.7 Å². The van der Waals surface area contributed by atoms with Crippen LogP contribution in [0.15, 0.2) is 12.2 Å². The molecule has 1 heterocycles. The van der Waals surface area contributed by atoms with Crippen LogP contribution in [0.2, 0.25) is 0 Å². The summed E-state index contributed by atoms with van der Waals surface area (Å²) in [7, 11) is -0.824. The number of carbonyl (C=O) groups excluding carboxylic acids is 1. The molecule has 5 nitrogen and oxygen atoms in total. The predicted octanol–water partition coefficient (Wildman–Crippen LogP) is -0.782. The van der Waals surface area contributed by atoms with E-state index >= 15 is 0 Å². The second-order valence-electron chi connectivity index (χ2n) is 2.84. The number of hydrogen-bond acceptors (Lipinski definition) is 3. The molecule has 0 aromatic heterocycles. The van der Waals surface area contributed by atoms with E-state index in [4.69, 9.17) is 5.11 Å². The average molecular weight is 217 g/mol. The van der Waals surface area contributed by atoms with Crippen LogP contribution in [-0.4, -0.2) is 50.7 Å². The molecule has 1 aliphatic heterocycles. The predicted molar refractivity (Wildman–Crippen MR) is 51.2 cm³/mol. The van der Waals surface area contributed by atoms with Crippen LogP contribution in [0.1, 0.15) is 0 Å². The highest BCUT2D eigenvalue weighted by molar-refractivity contribution is 7.85. The van der Waals surface area contributed by atoms with Gasteiger partial charge in [0.2, 0.25) is 5.91 Å². The monoisotopic (exact) mass is 217 g/mol. The van der Waals surface area contributed by atoms with Crippen LogP contribution in [0.25, 0.3) is 0 Å². The first-order valence-electron chi connectivity index (χ1n) is 4.14. The maximum absolute atomic E-state index is 11.3. The number of aliphatic carboxylic acids is 1. The number of carboxylic acids is 1. The summed E-state index contributed by atoms with van der Waals surface area (Å²) >= 11 is 0. The Kier molecular flexibility index (Phi) is 3.82. The largest absolute Gasteiger partial charge is 0.478 e. The third kappa shape index (κ3) is 3.29. The summed E-state index contributed by atoms with van der Waals surface area (Å²) < 4.78 is 11.0. The molecule has 78 valence electrons. The van der Waals surface area contributed by atoms with E-state index in [1.54, 1.807) is 0 Å². The molecule has 0 aromatic rings. The summed E-state index contributed by atoms with van der Waals surface area (Å²) in [6.07, 6.45) is 1.84. The molecule has 1 amide bonds. The van der Waals surface area contributed by atoms with E-state index < -0.39 is 16.8 Å². The second kappa shape index (κ2) is 4.90. The molecule has 1 rings (SSSR count). The smallest absolute Gasteiger partial charge is 0.328 e. The minimum absolute atomic E-state index is 0.330. The Morgan fingerprint density at radius 1 is 1.21 bits per heavy atom. The van der Waals surface area contributed by atoms with Crippen molar-refractivity contribution in [1.29, 1.82) is 0 Å². The maximum Gasteiger partial charge on any atom is 0.328 e. The van der Waals surface area contributed by atoms with Gasteiger partial charge in [0.25, 0.3) is 0 Å². The Morgan fingerprint density at radius 3 is 2.29 bits per heavy atom. The first-order chi connectivity index (χ1) is 6.59. The van der Waals surface area contributed by atoms with Crippen LogP contribution in [0.5, 0.6) is 0 Å². The average Bonchev–Trinajstić information content (AvgIpc) is 2.15. The number of rotatable bonds is 2. The van der Waals surface area contributed by atoms with Crippen LogP contribution in [0.3, 0.4) is 0 Å². The molecule has 0 spiro atoms. The van der Waals surface area contributed by atoms with E-state index in [-0.39, 0.29) is 5.91 Å². The lowest BCUT2D eigenvalue weighted by molar-refractivity contribution is -0.132. The first kappa shape index (κ1) is 10.9. The van der Waals surface area contributed by atoms with Gasteiger partial charge in [-0.15, -0.1) is 0 Å². The van der Waals surface area contributed by atoms with Gasteiger partial charge in [-0.2, -0.15) is 0 Å². The van der Waals surface area contributed by atoms with Gasteiger partial charge >= 0.3 is 5.97 Å². The van der Waals surface area contributed by atoms with Crippen molar-refractivity contribution in [3.8, 4) is 0 Å². The minimum Gasteiger partial charge on any atom is -0.478 e. The minimum atomic E-state index is -1.14. The zero-order valence-electron chi connectivity index (χ0n) is 7.51. The van der Waals surface area contributed by atoms with Gasteiger partial charge in [0, 0.05) is 47.5 Å². The van der Waals surface area contributed by atoms with E-state index in [1.807, 2.05) is 0 Å². The standard InChI is InChI=1S/C8H11NO4S/c10-7(1-2-8(11)12)9-3-5-14(13)6-4-9/h1-2H,3-6H2,(H,11,12). The third-order valence-corrected chi connectivity index (χ3v) is 3.13. The normalized spacial score (nSPS) is 18.7. The Labute approximate surface area is 83.8 Å². The Hall–Kier alpha value is -1.17. The second-order valence-corrected chi connectivity index (χ2v) is 4.54. The number of carbonyl (C=O) groups is 2. The summed E-state index contributed by atoms with van der Waals surface area (Å²) in [4.78, 5) is 22.9. The molecule has 0 aliphatic carbocycles. The van der Waals surface area contributed by atoms with Gasteiger partial charge in [0.15, 0.2) is 0 Å². The van der Waals surface area contributed by atoms with Crippen LogP contribution in [-0.2, 0) is 20.4 Å². The van der Waals surface area contributed by atoms with Gasteiger partial charge in [0.1, 0.15) is 0 Å². The lowest BCUT2D eigenvalue weighted by Crippen LogP contribution is -2.41. The van der Waals surface area contributed by atoms with Crippen LogP contribution < -0.4 is 0 Å². The molecule has 0 atom stereocenters. The van der Waals surface area contributed by atoms with Crippen molar-refractivity contribution in [2.75, 3.05) is 24.6 Å². The molecule has 14 heavy (non-hydrogen) atoms. The lowest BCUT2D eigenvalue weighted by atomic mass is 10.4. The van der Waals surface area contributed by atoms with E-state index in [0.717, 1.165) is 12.2 Å². The summed E-state index contributed by atoms with van der Waals surface area (Å²) in [5, 5.41) is 8.30. The van der Waals surface area contributed by atoms with Crippen molar-refractivity contribution in [3.05, 3.63) is 12.2 Å². The van der Waals surface area contributed by atoms with Crippen LogP contribution >= 0.6 is 0 Å². The zero-order chi connectivity index (χ0) is 10.6. The lowest BCUT2D eigenvalue weighted by Gasteiger charge is -2.24. The highest BCUT2D eigenvalue weighted by Crippen LogP contribution is 2.00. The molecular formula is C8H11NO4S. The SMILES string of the molecule is O=C(O)C=CC(=O)N1CCS(=O)CC1. The topological polar surface area (TPSA) is 74.7 Å². The van der Waals surface area contributed by atoms with Crippen LogP contribution in [0.4, 0.5) is 0 Å². The van der Waals surface area contributed by atoms with Crippen molar-refractivity contribution in [2.24, 2.45) is 0 Å². The summed E-state index contributed by atoms with van der Waals surface area (Å²) in [5.74, 6) is -0.512. The zero-order valence-corrected chi connectivity index (χ0v) is 8.33. The van der Waals surface area contributed by atoms with Gasteiger partial charge in [-0.3, -0.25) is 9.00 Å². The van der Waals surface area contributed by atoms with Crippen LogP contribution in [0, 0.1) is 0 Å². The Balaban J connectivity index is 2.46. The van der Waals surface area contributed by atoms with Crippen molar-refractivity contribution in [1.82, 2.24) is 4.90 Å². The molecule has 6 heteroatoms. The van der Waals surface area contributed by atoms with Crippen molar-refractivity contribution < 1.29 is 18.9 Å². The Bertz CT molecular complexity index is 290. The molecule has 0 unspecified atom stereocenters. The molecule has 0 bridgehead atoms. The first-order valence-corrected chi connectivity index (χ1v) is 5.63. The van der Waals surface area contributed by atoms with E-state index in [9.17, 15) is 13.8 Å². The van der Waals surface area contributed by atoms with Gasteiger partial charge in [-0.25, -0.2) is 4.79 Å². The summed E-state index contributed by atoms with van der Waals surface area (Å²) in [6.45, 7) is 0.880. The van der Waals surface area contributed by atoms with E-state index in [0.29, 0.717) is 24.6 Å². The number of nitrogens with zero attached hydrogens (tertiary/aromatic N) is 1. The van der Waals surface area contributed by atoms with Crippen molar-refractivity contribution in [2.45, 2.75) is 0 Å². The van der Waals surface area contributed by atoms with Gasteiger partial charge in [0.05, 0.1) is 0 Å². The molecule has 1 saturated heterocycles. The number of hydrogen-bond donors (Lipinski definition) is 1. The molecule has 0 radical (unpaired) electrons. The highest BCUT2D eigenvalue weighted by Gasteiger charge is 2.17. The fourth-order valence-corrected chi connectivity index (χ4v) is 2.16. The molecule has 1 N–H and O–H groups in total. The fraction of sp³-hybridized carbons (Fsp3) is 0.500. The quantitative estimate of drug-likeness (QED) is 0.616. The number of carboxylic acid groups (broad SMARTS) is 1. The summed E-state index contributed by atoms with van der Waals surface area (Å²) in [5.41, 5.74) is 0. The van der Waals surface area contributed by atoms with Gasteiger partial charge < -0.3 is 10.0 Å². The van der Waals surface area contributed by atoms with E-state index in [1.165, 1.54) is 4.90 Å². The highest BCUT2D eigenvalue weighted by atomic mass is 32.2. The summed E-state index contributed by atoms with van der Waals surface area (Å²) in [6, 6.07) is 0.